The normalized spacial score (nSPS) is 24.7. The Bertz CT molecular complexity index is 367. The van der Waals surface area contributed by atoms with Crippen molar-refractivity contribution in [3.05, 3.63) is 0 Å². The van der Waals surface area contributed by atoms with E-state index in [2.05, 4.69) is 0 Å². The van der Waals surface area contributed by atoms with Crippen LogP contribution in [0.4, 0.5) is 0 Å². The summed E-state index contributed by atoms with van der Waals surface area (Å²) in [6.07, 6.45) is 8.48. The van der Waals surface area contributed by atoms with Crippen LogP contribution >= 0.6 is 0 Å². The molecule has 2 rings (SSSR count). The molecule has 1 saturated heterocycles. The van der Waals surface area contributed by atoms with E-state index in [0.717, 1.165) is 38.8 Å². The molecule has 1 heterocycles. The molecule has 1 N–H and O–H groups in total. The molecule has 0 aromatic rings. The monoisotopic (exact) mass is 296 g/mol. The zero-order valence-electron chi connectivity index (χ0n) is 13.1. The summed E-state index contributed by atoms with van der Waals surface area (Å²) >= 11 is 0. The van der Waals surface area contributed by atoms with Gasteiger partial charge >= 0.3 is 5.97 Å². The quantitative estimate of drug-likeness (QED) is 0.844. The summed E-state index contributed by atoms with van der Waals surface area (Å²) in [5.41, 5.74) is 0. The lowest BCUT2D eigenvalue weighted by atomic mass is 9.94. The van der Waals surface area contributed by atoms with E-state index in [-0.39, 0.29) is 12.5 Å². The Balaban J connectivity index is 1.95. The van der Waals surface area contributed by atoms with E-state index in [4.69, 9.17) is 0 Å². The number of carboxylic acid groups (broad SMARTS) is 1. The molecular weight excluding hydrogens is 268 g/mol. The predicted molar refractivity (Wildman–Crippen MR) is 81.1 cm³/mol. The first kappa shape index (κ1) is 16.3. The third-order valence-corrected chi connectivity index (χ3v) is 4.91. The minimum atomic E-state index is -0.789. The van der Waals surface area contributed by atoms with Gasteiger partial charge in [0.2, 0.25) is 5.91 Å². The highest BCUT2D eigenvalue weighted by molar-refractivity contribution is 5.80. The number of likely N-dealkylation sites (tertiary alicyclic amines) is 1. The maximum Gasteiger partial charge on any atom is 0.320 e. The Morgan fingerprint density at radius 1 is 1.10 bits per heavy atom. The molecule has 5 heteroatoms. The standard InChI is InChI=1S/C16H28N2O3/c1-2-18(13-8-4-3-5-9-13)15(19)12-17-11-7-6-10-14(17)16(20)21/h13-14H,2-12H2,1H3,(H,20,21). The van der Waals surface area contributed by atoms with Crippen molar-refractivity contribution >= 4 is 11.9 Å². The topological polar surface area (TPSA) is 60.9 Å². The Morgan fingerprint density at radius 2 is 1.76 bits per heavy atom. The number of amides is 1. The summed E-state index contributed by atoms with van der Waals surface area (Å²) in [6, 6.07) is -0.114. The van der Waals surface area contributed by atoms with Gasteiger partial charge in [0.25, 0.3) is 0 Å². The van der Waals surface area contributed by atoms with Crippen molar-refractivity contribution in [2.45, 2.75) is 70.4 Å². The Kier molecular flexibility index (Phi) is 6.03. The first-order valence-corrected chi connectivity index (χ1v) is 8.39. The van der Waals surface area contributed by atoms with Crippen molar-refractivity contribution < 1.29 is 14.7 Å². The summed E-state index contributed by atoms with van der Waals surface area (Å²) in [7, 11) is 0. The molecule has 1 aliphatic heterocycles. The van der Waals surface area contributed by atoms with E-state index < -0.39 is 12.0 Å². The van der Waals surface area contributed by atoms with E-state index in [1.165, 1.54) is 19.3 Å². The fourth-order valence-corrected chi connectivity index (χ4v) is 3.76. The molecule has 21 heavy (non-hydrogen) atoms. The van der Waals surface area contributed by atoms with Gasteiger partial charge in [-0.3, -0.25) is 14.5 Å². The van der Waals surface area contributed by atoms with E-state index in [1.807, 2.05) is 16.7 Å². The molecule has 0 radical (unpaired) electrons. The Labute approximate surface area is 127 Å². The van der Waals surface area contributed by atoms with Gasteiger partial charge in [0.05, 0.1) is 6.54 Å². The van der Waals surface area contributed by atoms with Crippen LogP contribution in [0.3, 0.4) is 0 Å². The van der Waals surface area contributed by atoms with Gasteiger partial charge < -0.3 is 10.0 Å². The summed E-state index contributed by atoms with van der Waals surface area (Å²) < 4.78 is 0. The number of hydrogen-bond donors (Lipinski definition) is 1. The molecule has 1 atom stereocenters. The third-order valence-electron chi connectivity index (χ3n) is 4.91. The lowest BCUT2D eigenvalue weighted by molar-refractivity contribution is -0.146. The molecule has 120 valence electrons. The van der Waals surface area contributed by atoms with E-state index in [1.54, 1.807) is 0 Å². The number of carbonyl (C=O) groups excluding carboxylic acids is 1. The maximum atomic E-state index is 12.6. The maximum absolute atomic E-state index is 12.6. The Hall–Kier alpha value is -1.10. The van der Waals surface area contributed by atoms with Crippen LogP contribution in [0.2, 0.25) is 0 Å². The zero-order chi connectivity index (χ0) is 15.2. The first-order valence-electron chi connectivity index (χ1n) is 8.39. The number of carbonyl (C=O) groups is 2. The number of carboxylic acids is 1. The number of aliphatic carboxylic acids is 1. The molecule has 0 spiro atoms. The summed E-state index contributed by atoms with van der Waals surface area (Å²) in [6.45, 7) is 3.75. The fourth-order valence-electron chi connectivity index (χ4n) is 3.76. The highest BCUT2D eigenvalue weighted by Crippen LogP contribution is 2.23. The lowest BCUT2D eigenvalue weighted by Gasteiger charge is -2.37. The van der Waals surface area contributed by atoms with Gasteiger partial charge in [-0.1, -0.05) is 25.7 Å². The molecule has 0 bridgehead atoms. The van der Waals surface area contributed by atoms with Gasteiger partial charge in [-0.25, -0.2) is 0 Å². The highest BCUT2D eigenvalue weighted by Gasteiger charge is 2.32. The van der Waals surface area contributed by atoms with Crippen molar-refractivity contribution in [1.82, 2.24) is 9.80 Å². The smallest absolute Gasteiger partial charge is 0.320 e. The van der Waals surface area contributed by atoms with Crippen LogP contribution in [0, 0.1) is 0 Å². The summed E-state index contributed by atoms with van der Waals surface area (Å²) in [5, 5.41) is 9.30. The number of rotatable bonds is 5. The summed E-state index contributed by atoms with van der Waals surface area (Å²) in [4.78, 5) is 27.8. The second kappa shape index (κ2) is 7.78. The van der Waals surface area contributed by atoms with Gasteiger partial charge in [0.15, 0.2) is 0 Å². The number of nitrogens with zero attached hydrogens (tertiary/aromatic N) is 2. The largest absolute Gasteiger partial charge is 0.480 e. The van der Waals surface area contributed by atoms with Crippen LogP contribution < -0.4 is 0 Å². The third kappa shape index (κ3) is 4.19. The molecule has 0 aromatic carbocycles. The van der Waals surface area contributed by atoms with Crippen LogP contribution in [0.25, 0.3) is 0 Å². The SMILES string of the molecule is CCN(C(=O)CN1CCCCC1C(=O)O)C1CCCCC1. The molecule has 1 saturated carbocycles. The Morgan fingerprint density at radius 3 is 2.38 bits per heavy atom. The van der Waals surface area contributed by atoms with Crippen LogP contribution in [-0.2, 0) is 9.59 Å². The van der Waals surface area contributed by atoms with Gasteiger partial charge in [-0.15, -0.1) is 0 Å². The van der Waals surface area contributed by atoms with Gasteiger partial charge in [0.1, 0.15) is 6.04 Å². The van der Waals surface area contributed by atoms with Crippen molar-refractivity contribution in [1.29, 1.82) is 0 Å². The van der Waals surface area contributed by atoms with Crippen molar-refractivity contribution in [3.63, 3.8) is 0 Å². The molecule has 5 nitrogen and oxygen atoms in total. The van der Waals surface area contributed by atoms with E-state index >= 15 is 0 Å². The second-order valence-corrected chi connectivity index (χ2v) is 6.29. The zero-order valence-corrected chi connectivity index (χ0v) is 13.1. The molecular formula is C16H28N2O3. The minimum Gasteiger partial charge on any atom is -0.480 e. The molecule has 2 aliphatic rings. The van der Waals surface area contributed by atoms with Crippen molar-refractivity contribution in [2.75, 3.05) is 19.6 Å². The summed E-state index contributed by atoms with van der Waals surface area (Å²) in [5.74, 6) is -0.680. The van der Waals surface area contributed by atoms with E-state index in [9.17, 15) is 14.7 Å². The van der Waals surface area contributed by atoms with Crippen LogP contribution in [-0.4, -0.2) is 58.5 Å². The average Bonchev–Trinajstić information content (AvgIpc) is 2.49. The van der Waals surface area contributed by atoms with Crippen LogP contribution in [0.15, 0.2) is 0 Å². The molecule has 1 amide bonds. The molecule has 2 fully saturated rings. The van der Waals surface area contributed by atoms with Gasteiger partial charge in [-0.2, -0.15) is 0 Å². The van der Waals surface area contributed by atoms with Gasteiger partial charge in [0, 0.05) is 12.6 Å². The number of likely N-dealkylation sites (N-methyl/N-ethyl adjacent to an activating group) is 1. The molecule has 1 unspecified atom stereocenters. The lowest BCUT2D eigenvalue weighted by Crippen LogP contribution is -2.51. The van der Waals surface area contributed by atoms with Crippen molar-refractivity contribution in [3.8, 4) is 0 Å². The second-order valence-electron chi connectivity index (χ2n) is 6.29. The minimum absolute atomic E-state index is 0.109. The first-order chi connectivity index (χ1) is 10.1. The van der Waals surface area contributed by atoms with Gasteiger partial charge in [-0.05, 0) is 39.2 Å². The number of piperidine rings is 1. The van der Waals surface area contributed by atoms with Crippen molar-refractivity contribution in [2.24, 2.45) is 0 Å². The number of hydrogen-bond acceptors (Lipinski definition) is 3. The van der Waals surface area contributed by atoms with E-state index in [0.29, 0.717) is 12.5 Å². The predicted octanol–water partition coefficient (Wildman–Crippen LogP) is 2.11. The molecule has 0 aromatic heterocycles. The average molecular weight is 296 g/mol. The molecule has 1 aliphatic carbocycles. The van der Waals surface area contributed by atoms with Crippen LogP contribution in [0.5, 0.6) is 0 Å². The highest BCUT2D eigenvalue weighted by atomic mass is 16.4. The van der Waals surface area contributed by atoms with Crippen LogP contribution in [0.1, 0.15) is 58.3 Å². The fraction of sp³-hybridized carbons (Fsp3) is 0.875.